The Labute approximate surface area is 120 Å². The number of sulfone groups is 1. The number of nitrogen functional groups attached to an aromatic ring is 1. The van der Waals surface area contributed by atoms with Crippen LogP contribution in [0.25, 0.3) is 0 Å². The molecule has 0 spiro atoms. The van der Waals surface area contributed by atoms with Crippen molar-refractivity contribution in [2.75, 3.05) is 18.0 Å². The second kappa shape index (κ2) is 6.74. The molecular weight excluding hydrogens is 276 g/mol. The van der Waals surface area contributed by atoms with Gasteiger partial charge in [-0.05, 0) is 30.9 Å². The number of anilines is 1. The van der Waals surface area contributed by atoms with Crippen molar-refractivity contribution in [1.29, 1.82) is 0 Å². The van der Waals surface area contributed by atoms with Crippen LogP contribution in [0.5, 0.6) is 0 Å². The van der Waals surface area contributed by atoms with E-state index in [0.717, 1.165) is 6.42 Å². The van der Waals surface area contributed by atoms with Gasteiger partial charge in [-0.2, -0.15) is 0 Å². The summed E-state index contributed by atoms with van der Waals surface area (Å²) in [5, 5.41) is 2.62. The standard InChI is InChI=1S/C14H22N2O3S/c1-10(2)7-8-16-13(17)9-20(18,19)12-6-4-5-11(3)14(12)15/h4-6,10H,7-9,15H2,1-3H3,(H,16,17). The highest BCUT2D eigenvalue weighted by Crippen LogP contribution is 2.22. The van der Waals surface area contributed by atoms with Crippen LogP contribution in [0.15, 0.2) is 23.1 Å². The predicted octanol–water partition coefficient (Wildman–Crippen LogP) is 1.51. The third-order valence-corrected chi connectivity index (χ3v) is 4.65. The van der Waals surface area contributed by atoms with Gasteiger partial charge in [0.1, 0.15) is 5.75 Å². The number of rotatable bonds is 6. The first-order chi connectivity index (χ1) is 9.24. The van der Waals surface area contributed by atoms with Gasteiger partial charge < -0.3 is 11.1 Å². The van der Waals surface area contributed by atoms with E-state index in [0.29, 0.717) is 18.0 Å². The number of hydrogen-bond acceptors (Lipinski definition) is 4. The van der Waals surface area contributed by atoms with Crippen molar-refractivity contribution in [1.82, 2.24) is 5.32 Å². The van der Waals surface area contributed by atoms with Gasteiger partial charge >= 0.3 is 0 Å². The van der Waals surface area contributed by atoms with E-state index in [1.54, 1.807) is 19.1 Å². The van der Waals surface area contributed by atoms with E-state index >= 15 is 0 Å². The molecule has 5 nitrogen and oxygen atoms in total. The van der Waals surface area contributed by atoms with E-state index in [-0.39, 0.29) is 10.6 Å². The van der Waals surface area contributed by atoms with Crippen LogP contribution in [0.4, 0.5) is 5.69 Å². The summed E-state index contributed by atoms with van der Waals surface area (Å²) in [5.41, 5.74) is 6.67. The Balaban J connectivity index is 2.75. The molecule has 0 radical (unpaired) electrons. The van der Waals surface area contributed by atoms with Gasteiger partial charge in [-0.1, -0.05) is 26.0 Å². The lowest BCUT2D eigenvalue weighted by Crippen LogP contribution is -2.31. The van der Waals surface area contributed by atoms with Gasteiger partial charge in [0.15, 0.2) is 9.84 Å². The monoisotopic (exact) mass is 298 g/mol. The summed E-state index contributed by atoms with van der Waals surface area (Å²) in [6, 6.07) is 4.78. The number of nitrogens with two attached hydrogens (primary N) is 1. The number of benzene rings is 1. The summed E-state index contributed by atoms with van der Waals surface area (Å²) in [6.07, 6.45) is 0.818. The van der Waals surface area contributed by atoms with Gasteiger partial charge in [-0.15, -0.1) is 0 Å². The fourth-order valence-electron chi connectivity index (χ4n) is 1.73. The number of aryl methyl sites for hydroxylation is 1. The molecule has 1 amide bonds. The number of amides is 1. The quantitative estimate of drug-likeness (QED) is 0.779. The summed E-state index contributed by atoms with van der Waals surface area (Å²) < 4.78 is 24.3. The summed E-state index contributed by atoms with van der Waals surface area (Å²) in [4.78, 5) is 11.7. The van der Waals surface area contributed by atoms with Crippen LogP contribution >= 0.6 is 0 Å². The summed E-state index contributed by atoms with van der Waals surface area (Å²) in [5.74, 6) is -0.607. The second-order valence-electron chi connectivity index (χ2n) is 5.28. The van der Waals surface area contributed by atoms with Crippen LogP contribution in [0.3, 0.4) is 0 Å². The highest BCUT2D eigenvalue weighted by atomic mass is 32.2. The number of hydrogen-bond donors (Lipinski definition) is 2. The molecule has 3 N–H and O–H groups in total. The average Bonchev–Trinajstić information content (AvgIpc) is 2.31. The molecule has 1 rings (SSSR count). The molecule has 0 unspecified atom stereocenters. The first-order valence-electron chi connectivity index (χ1n) is 6.58. The average molecular weight is 298 g/mol. The Hall–Kier alpha value is -1.56. The lowest BCUT2D eigenvalue weighted by atomic mass is 10.1. The lowest BCUT2D eigenvalue weighted by molar-refractivity contribution is -0.118. The minimum atomic E-state index is -3.70. The van der Waals surface area contributed by atoms with E-state index in [4.69, 9.17) is 5.73 Å². The molecule has 0 saturated carbocycles. The van der Waals surface area contributed by atoms with Crippen LogP contribution in [-0.4, -0.2) is 26.6 Å². The smallest absolute Gasteiger partial charge is 0.235 e. The molecule has 20 heavy (non-hydrogen) atoms. The molecule has 112 valence electrons. The number of carbonyl (C=O) groups is 1. The fourth-order valence-corrected chi connectivity index (χ4v) is 3.11. The van der Waals surface area contributed by atoms with Gasteiger partial charge in [0.25, 0.3) is 0 Å². The summed E-state index contributed by atoms with van der Waals surface area (Å²) in [7, 11) is -3.70. The van der Waals surface area contributed by atoms with Crippen molar-refractivity contribution in [3.05, 3.63) is 23.8 Å². The molecule has 0 heterocycles. The third kappa shape index (κ3) is 4.52. The zero-order valence-electron chi connectivity index (χ0n) is 12.1. The molecule has 6 heteroatoms. The molecule has 0 aliphatic carbocycles. The van der Waals surface area contributed by atoms with Gasteiger partial charge in [0.05, 0.1) is 10.6 Å². The molecular formula is C14H22N2O3S. The van der Waals surface area contributed by atoms with Crippen molar-refractivity contribution >= 4 is 21.4 Å². The molecule has 0 atom stereocenters. The maximum absolute atomic E-state index is 12.2. The van der Waals surface area contributed by atoms with Crippen LogP contribution in [0.2, 0.25) is 0 Å². The maximum atomic E-state index is 12.2. The Morgan fingerprint density at radius 1 is 1.35 bits per heavy atom. The van der Waals surface area contributed by atoms with Gasteiger partial charge in [0, 0.05) is 6.54 Å². The zero-order valence-corrected chi connectivity index (χ0v) is 13.0. The van der Waals surface area contributed by atoms with Crippen molar-refractivity contribution in [3.8, 4) is 0 Å². The van der Waals surface area contributed by atoms with Crippen molar-refractivity contribution in [3.63, 3.8) is 0 Å². The summed E-state index contributed by atoms with van der Waals surface area (Å²) in [6.45, 7) is 6.29. The van der Waals surface area contributed by atoms with Crippen molar-refractivity contribution in [2.45, 2.75) is 32.1 Å². The maximum Gasteiger partial charge on any atom is 0.235 e. The van der Waals surface area contributed by atoms with Crippen LogP contribution < -0.4 is 11.1 Å². The first kappa shape index (κ1) is 16.5. The molecule has 0 bridgehead atoms. The Morgan fingerprint density at radius 3 is 2.60 bits per heavy atom. The zero-order chi connectivity index (χ0) is 15.3. The molecule has 0 fully saturated rings. The highest BCUT2D eigenvalue weighted by Gasteiger charge is 2.22. The Kier molecular flexibility index (Phi) is 5.56. The second-order valence-corrected chi connectivity index (χ2v) is 7.24. The number of nitrogens with one attached hydrogen (secondary N) is 1. The van der Waals surface area contributed by atoms with Gasteiger partial charge in [0.2, 0.25) is 5.91 Å². The van der Waals surface area contributed by atoms with E-state index in [2.05, 4.69) is 5.32 Å². The predicted molar refractivity (Wildman–Crippen MR) is 80.1 cm³/mol. The van der Waals surface area contributed by atoms with E-state index in [1.807, 2.05) is 13.8 Å². The highest BCUT2D eigenvalue weighted by molar-refractivity contribution is 7.92. The SMILES string of the molecule is Cc1cccc(S(=O)(=O)CC(=O)NCCC(C)C)c1N. The molecule has 0 aliphatic rings. The molecule has 0 aliphatic heterocycles. The molecule has 1 aromatic rings. The number of carbonyl (C=O) groups excluding carboxylic acids is 1. The molecule has 0 aromatic heterocycles. The lowest BCUT2D eigenvalue weighted by Gasteiger charge is -2.10. The van der Waals surface area contributed by atoms with Crippen LogP contribution in [0, 0.1) is 12.8 Å². The van der Waals surface area contributed by atoms with Gasteiger partial charge in [-0.3, -0.25) is 4.79 Å². The Morgan fingerprint density at radius 2 is 2.00 bits per heavy atom. The van der Waals surface area contributed by atoms with Crippen molar-refractivity contribution in [2.24, 2.45) is 5.92 Å². The topological polar surface area (TPSA) is 89.3 Å². The van der Waals surface area contributed by atoms with E-state index < -0.39 is 21.5 Å². The minimum absolute atomic E-state index is 0.0245. The molecule has 1 aromatic carbocycles. The van der Waals surface area contributed by atoms with Crippen molar-refractivity contribution < 1.29 is 13.2 Å². The normalized spacial score (nSPS) is 11.6. The number of para-hydroxylation sites is 1. The Bertz CT molecular complexity index is 580. The van der Waals surface area contributed by atoms with Gasteiger partial charge in [-0.25, -0.2) is 8.42 Å². The van der Waals surface area contributed by atoms with E-state index in [1.165, 1.54) is 6.07 Å². The fraction of sp³-hybridized carbons (Fsp3) is 0.500. The third-order valence-electron chi connectivity index (χ3n) is 2.98. The minimum Gasteiger partial charge on any atom is -0.397 e. The largest absolute Gasteiger partial charge is 0.397 e. The van der Waals surface area contributed by atoms with E-state index in [9.17, 15) is 13.2 Å². The summed E-state index contributed by atoms with van der Waals surface area (Å²) >= 11 is 0. The van der Waals surface area contributed by atoms with Crippen LogP contribution in [0.1, 0.15) is 25.8 Å². The molecule has 0 saturated heterocycles. The first-order valence-corrected chi connectivity index (χ1v) is 8.24. The van der Waals surface area contributed by atoms with Crippen LogP contribution in [-0.2, 0) is 14.6 Å².